The number of esters is 1. The molecular weight excluding hydrogens is 559 g/mol. The number of benzene rings is 3. The van der Waals surface area contributed by atoms with E-state index in [1.54, 1.807) is 60.4 Å². The number of carboxylic acid groups (broad SMARTS) is 1. The number of hydrogen-bond acceptors (Lipinski definition) is 6. The van der Waals surface area contributed by atoms with Gasteiger partial charge < -0.3 is 24.9 Å². The first kappa shape index (κ1) is 32.0. The largest absolute Gasteiger partial charge is 1.00 e. The fraction of sp³-hybridized carbons (Fsp3) is 0.267. The molecular formula is C30H28ClKN2O6. The fourth-order valence-electron chi connectivity index (χ4n) is 4.65. The summed E-state index contributed by atoms with van der Waals surface area (Å²) in [5, 5.41) is 14.0. The Morgan fingerprint density at radius 1 is 0.975 bits per heavy atom. The van der Waals surface area contributed by atoms with Crippen LogP contribution in [-0.2, 0) is 14.3 Å². The van der Waals surface area contributed by atoms with E-state index >= 15 is 0 Å². The van der Waals surface area contributed by atoms with Gasteiger partial charge >= 0.3 is 57.4 Å². The third-order valence-electron chi connectivity index (χ3n) is 6.63. The number of aryl methyl sites for hydroxylation is 2. The van der Waals surface area contributed by atoms with Gasteiger partial charge in [-0.25, -0.2) is 0 Å². The molecule has 0 spiro atoms. The number of hydrogen-bond donors (Lipinski definition) is 1. The summed E-state index contributed by atoms with van der Waals surface area (Å²) in [7, 11) is 0. The van der Waals surface area contributed by atoms with Crippen LogP contribution in [0.1, 0.15) is 69.2 Å². The van der Waals surface area contributed by atoms with Crippen LogP contribution in [0, 0.1) is 13.8 Å². The number of nitrogens with zero attached hydrogens (tertiary/aromatic N) is 1. The van der Waals surface area contributed by atoms with E-state index < -0.39 is 24.5 Å². The van der Waals surface area contributed by atoms with Gasteiger partial charge in [0.2, 0.25) is 0 Å². The van der Waals surface area contributed by atoms with Crippen LogP contribution in [-0.4, -0.2) is 30.3 Å². The minimum Gasteiger partial charge on any atom is -0.550 e. The standard InChI is InChI=1S/C30H29ClN2O6.K/c1-18-6-3-4-7-22(18)29(37)32-21-10-11-23(19(2)16-21)30(38)33-15-5-8-26(39-28(36)14-13-27(34)35)24-17-20(31)9-12-25(24)33;/h3-4,6-7,9-12,16-17,26H,5,8,13-15H2,1-2H3,(H,32,37)(H,34,35);/q;+1/p-1. The number of fused-ring (bicyclic) bond motifs is 1. The van der Waals surface area contributed by atoms with Crippen LogP contribution in [0.5, 0.6) is 0 Å². The second-order valence-corrected chi connectivity index (χ2v) is 9.89. The molecule has 1 aliphatic heterocycles. The minimum atomic E-state index is -1.33. The van der Waals surface area contributed by atoms with Crippen LogP contribution in [0.15, 0.2) is 60.7 Å². The first-order chi connectivity index (χ1) is 18.6. The van der Waals surface area contributed by atoms with Crippen molar-refractivity contribution < 1.29 is 80.4 Å². The number of carboxylic acids is 1. The van der Waals surface area contributed by atoms with Crippen molar-refractivity contribution in [3.05, 3.63) is 93.5 Å². The van der Waals surface area contributed by atoms with Crippen LogP contribution >= 0.6 is 11.6 Å². The number of amides is 2. The van der Waals surface area contributed by atoms with Gasteiger partial charge in [0.1, 0.15) is 6.10 Å². The first-order valence-corrected chi connectivity index (χ1v) is 13.0. The molecule has 202 valence electrons. The number of ether oxygens (including phenoxy) is 1. The molecule has 1 atom stereocenters. The Morgan fingerprint density at radius 2 is 1.73 bits per heavy atom. The van der Waals surface area contributed by atoms with Crippen molar-refractivity contribution in [2.24, 2.45) is 0 Å². The summed E-state index contributed by atoms with van der Waals surface area (Å²) in [6.45, 7) is 4.05. The van der Waals surface area contributed by atoms with E-state index in [4.69, 9.17) is 16.3 Å². The summed E-state index contributed by atoms with van der Waals surface area (Å²) in [5.74, 6) is -2.46. The first-order valence-electron chi connectivity index (χ1n) is 12.6. The zero-order valence-electron chi connectivity index (χ0n) is 22.7. The van der Waals surface area contributed by atoms with Gasteiger partial charge in [0, 0.05) is 39.9 Å². The number of carbonyl (C=O) groups is 4. The number of aliphatic carboxylic acids is 1. The molecule has 0 radical (unpaired) electrons. The molecule has 3 aromatic carbocycles. The normalized spacial score (nSPS) is 14.3. The van der Waals surface area contributed by atoms with E-state index in [1.165, 1.54) is 0 Å². The van der Waals surface area contributed by atoms with Crippen LogP contribution in [0.4, 0.5) is 11.4 Å². The van der Waals surface area contributed by atoms with E-state index in [2.05, 4.69) is 5.32 Å². The molecule has 40 heavy (non-hydrogen) atoms. The van der Waals surface area contributed by atoms with E-state index in [0.29, 0.717) is 58.0 Å². The maximum absolute atomic E-state index is 13.8. The third kappa shape index (κ3) is 7.81. The summed E-state index contributed by atoms with van der Waals surface area (Å²) >= 11 is 6.25. The molecule has 2 amide bonds. The van der Waals surface area contributed by atoms with Gasteiger partial charge in [-0.15, -0.1) is 0 Å². The van der Waals surface area contributed by atoms with E-state index in [1.807, 2.05) is 19.1 Å². The van der Waals surface area contributed by atoms with Crippen molar-refractivity contribution >= 4 is 46.7 Å². The Hall–Kier alpha value is -2.53. The number of rotatable bonds is 7. The summed E-state index contributed by atoms with van der Waals surface area (Å²) in [5.41, 5.74) is 4.31. The van der Waals surface area contributed by atoms with Gasteiger partial charge in [-0.05, 0) is 86.7 Å². The zero-order valence-corrected chi connectivity index (χ0v) is 26.5. The van der Waals surface area contributed by atoms with E-state index in [9.17, 15) is 24.3 Å². The van der Waals surface area contributed by atoms with Crippen LogP contribution in [0.25, 0.3) is 0 Å². The number of halogens is 1. The molecule has 4 rings (SSSR count). The van der Waals surface area contributed by atoms with Crippen LogP contribution < -0.4 is 66.7 Å². The summed E-state index contributed by atoms with van der Waals surface area (Å²) in [4.78, 5) is 51.1. The molecule has 0 aromatic heterocycles. The average Bonchev–Trinajstić information content (AvgIpc) is 3.06. The Bertz CT molecular complexity index is 1440. The average molecular weight is 587 g/mol. The monoisotopic (exact) mass is 586 g/mol. The van der Waals surface area contributed by atoms with Gasteiger partial charge in [-0.3, -0.25) is 14.4 Å². The number of carbonyl (C=O) groups excluding carboxylic acids is 4. The van der Waals surface area contributed by atoms with Gasteiger partial charge in [0.05, 0.1) is 12.1 Å². The molecule has 3 aromatic rings. The molecule has 1 N–H and O–H groups in total. The minimum absolute atomic E-state index is 0. The zero-order chi connectivity index (χ0) is 28.1. The van der Waals surface area contributed by atoms with Gasteiger partial charge in [0.15, 0.2) is 0 Å². The van der Waals surface area contributed by atoms with E-state index in [-0.39, 0.29) is 69.6 Å². The van der Waals surface area contributed by atoms with Crippen molar-refractivity contribution in [3.63, 3.8) is 0 Å². The Labute approximate surface area is 280 Å². The Morgan fingerprint density at radius 3 is 2.42 bits per heavy atom. The third-order valence-corrected chi connectivity index (χ3v) is 6.87. The summed E-state index contributed by atoms with van der Waals surface area (Å²) in [6, 6.07) is 17.5. The van der Waals surface area contributed by atoms with Crippen molar-refractivity contribution in [2.75, 3.05) is 16.8 Å². The molecule has 8 nitrogen and oxygen atoms in total. The molecule has 0 bridgehead atoms. The summed E-state index contributed by atoms with van der Waals surface area (Å²) in [6.07, 6.45) is -0.425. The molecule has 0 saturated carbocycles. The van der Waals surface area contributed by atoms with Gasteiger partial charge in [0.25, 0.3) is 11.8 Å². The van der Waals surface area contributed by atoms with Crippen molar-refractivity contribution in [2.45, 2.75) is 45.6 Å². The van der Waals surface area contributed by atoms with Gasteiger partial charge in [-0.2, -0.15) is 0 Å². The SMILES string of the molecule is Cc1ccccc1C(=O)Nc1ccc(C(=O)N2CCCC(OC(=O)CCC(=O)[O-])c3cc(Cl)ccc32)c(C)c1.[K+]. The van der Waals surface area contributed by atoms with Crippen molar-refractivity contribution in [1.82, 2.24) is 0 Å². The quantitative estimate of drug-likeness (QED) is 0.333. The van der Waals surface area contributed by atoms with Gasteiger partial charge in [-0.1, -0.05) is 29.8 Å². The second kappa shape index (κ2) is 14.4. The molecule has 0 aliphatic carbocycles. The predicted molar refractivity (Wildman–Crippen MR) is 146 cm³/mol. The van der Waals surface area contributed by atoms with Crippen LogP contribution in [0.3, 0.4) is 0 Å². The Kier molecular flexibility index (Phi) is 11.5. The number of nitrogens with one attached hydrogen (secondary N) is 1. The van der Waals surface area contributed by atoms with Crippen molar-refractivity contribution in [1.29, 1.82) is 0 Å². The maximum atomic E-state index is 13.8. The van der Waals surface area contributed by atoms with Crippen LogP contribution in [0.2, 0.25) is 5.02 Å². The molecule has 1 aliphatic rings. The molecule has 0 saturated heterocycles. The second-order valence-electron chi connectivity index (χ2n) is 9.45. The number of anilines is 2. The molecule has 0 fully saturated rings. The topological polar surface area (TPSA) is 116 Å². The molecule has 1 unspecified atom stereocenters. The maximum Gasteiger partial charge on any atom is 1.00 e. The predicted octanol–water partition coefficient (Wildman–Crippen LogP) is 1.77. The fourth-order valence-corrected chi connectivity index (χ4v) is 4.83. The molecule has 10 heteroatoms. The smallest absolute Gasteiger partial charge is 0.550 e. The molecule has 1 heterocycles. The summed E-state index contributed by atoms with van der Waals surface area (Å²) < 4.78 is 5.59. The van der Waals surface area contributed by atoms with E-state index in [0.717, 1.165) is 5.56 Å². The van der Waals surface area contributed by atoms with Crippen molar-refractivity contribution in [3.8, 4) is 0 Å². The Balaban J connectivity index is 0.00000441.